The maximum Gasteiger partial charge on any atom is 0.164 e. The highest BCUT2D eigenvalue weighted by atomic mass is 16.3. The van der Waals surface area contributed by atoms with Crippen molar-refractivity contribution in [2.45, 2.75) is 12.8 Å². The van der Waals surface area contributed by atoms with Gasteiger partial charge < -0.3 is 13.3 Å². The number of rotatable bonds is 4. The Hall–Kier alpha value is -6.79. The second-order valence-electron chi connectivity index (χ2n) is 13.0. The molecule has 0 aliphatic heterocycles. The topological polar surface area (TPSA) is 78.1 Å². The van der Waals surface area contributed by atoms with Crippen LogP contribution in [0.15, 0.2) is 147 Å². The van der Waals surface area contributed by atoms with Gasteiger partial charge in [-0.15, -0.1) is 0 Å². The standard InChI is InChI=1S/C45H27N3O3/c1-2-12-26(13-3-1)43-46-44(32-19-10-23-36-39(32)31-15-5-7-22-35(31)49-36)48-45(47-43)33-20-11-25-38-41(33)40-28(16-9-24-37(40)50-38)30-18-8-17-29-27-14-4-6-21-34(27)51-42(29)30/h1-5,7-20,22-25H,6,21H2. The van der Waals surface area contributed by atoms with Crippen LogP contribution in [0.1, 0.15) is 17.7 Å². The molecule has 6 heteroatoms. The van der Waals surface area contributed by atoms with E-state index in [0.29, 0.717) is 17.5 Å². The molecule has 51 heavy (non-hydrogen) atoms. The van der Waals surface area contributed by atoms with Gasteiger partial charge in [0.2, 0.25) is 0 Å². The van der Waals surface area contributed by atoms with Crippen molar-refractivity contribution in [3.8, 4) is 45.3 Å². The minimum Gasteiger partial charge on any atom is -0.460 e. The number of fused-ring (bicyclic) bond motifs is 9. The lowest BCUT2D eigenvalue weighted by molar-refractivity contribution is 0.547. The van der Waals surface area contributed by atoms with Gasteiger partial charge in [0.25, 0.3) is 0 Å². The number of hydrogen-bond donors (Lipinski definition) is 0. The Bertz CT molecular complexity index is 3040. The second-order valence-corrected chi connectivity index (χ2v) is 13.0. The van der Waals surface area contributed by atoms with Crippen molar-refractivity contribution in [2.24, 2.45) is 0 Å². The highest BCUT2D eigenvalue weighted by Gasteiger charge is 2.24. The van der Waals surface area contributed by atoms with Gasteiger partial charge >= 0.3 is 0 Å². The van der Waals surface area contributed by atoms with Crippen LogP contribution in [-0.2, 0) is 6.42 Å². The number of nitrogens with zero attached hydrogens (tertiary/aromatic N) is 3. The fourth-order valence-electron chi connectivity index (χ4n) is 7.76. The normalized spacial score (nSPS) is 12.9. The molecule has 0 spiro atoms. The first kappa shape index (κ1) is 28.1. The van der Waals surface area contributed by atoms with E-state index in [9.17, 15) is 0 Å². The van der Waals surface area contributed by atoms with Crippen LogP contribution < -0.4 is 0 Å². The van der Waals surface area contributed by atoms with Crippen molar-refractivity contribution in [3.63, 3.8) is 0 Å². The van der Waals surface area contributed by atoms with E-state index in [1.54, 1.807) is 0 Å². The van der Waals surface area contributed by atoms with E-state index < -0.39 is 0 Å². The molecule has 1 aliphatic carbocycles. The Morgan fingerprint density at radius 1 is 0.431 bits per heavy atom. The number of furan rings is 3. The molecule has 0 fully saturated rings. The Labute approximate surface area is 291 Å². The third kappa shape index (κ3) is 4.26. The zero-order valence-electron chi connectivity index (χ0n) is 27.3. The summed E-state index contributed by atoms with van der Waals surface area (Å²) >= 11 is 0. The van der Waals surface area contributed by atoms with Gasteiger partial charge in [-0.2, -0.15) is 0 Å². The van der Waals surface area contributed by atoms with Crippen LogP contribution in [-0.4, -0.2) is 15.0 Å². The van der Waals surface area contributed by atoms with Crippen LogP contribution in [0.25, 0.3) is 106 Å². The van der Waals surface area contributed by atoms with Gasteiger partial charge in [-0.25, -0.2) is 15.0 Å². The van der Waals surface area contributed by atoms with Gasteiger partial charge in [-0.1, -0.05) is 115 Å². The molecule has 0 radical (unpaired) electrons. The first-order valence-corrected chi connectivity index (χ1v) is 17.2. The van der Waals surface area contributed by atoms with Crippen LogP contribution in [0.5, 0.6) is 0 Å². The monoisotopic (exact) mass is 657 g/mol. The predicted octanol–water partition coefficient (Wildman–Crippen LogP) is 12.0. The Morgan fingerprint density at radius 2 is 1.00 bits per heavy atom. The van der Waals surface area contributed by atoms with Crippen LogP contribution in [0.3, 0.4) is 0 Å². The fraction of sp³-hybridized carbons (Fsp3) is 0.0444. The van der Waals surface area contributed by atoms with Gasteiger partial charge in [-0.05, 0) is 36.2 Å². The van der Waals surface area contributed by atoms with Crippen LogP contribution in [0.4, 0.5) is 0 Å². The largest absolute Gasteiger partial charge is 0.460 e. The molecule has 4 heterocycles. The Morgan fingerprint density at radius 3 is 1.80 bits per heavy atom. The summed E-state index contributed by atoms with van der Waals surface area (Å²) in [5.41, 5.74) is 9.92. The Balaban J connectivity index is 1.20. The third-order valence-corrected chi connectivity index (χ3v) is 10.0. The maximum absolute atomic E-state index is 6.59. The van der Waals surface area contributed by atoms with Gasteiger partial charge in [0.05, 0.1) is 0 Å². The molecule has 0 unspecified atom stereocenters. The van der Waals surface area contributed by atoms with Crippen molar-refractivity contribution in [1.82, 2.24) is 15.0 Å². The molecule has 10 aromatic rings. The highest BCUT2D eigenvalue weighted by Crippen LogP contribution is 2.45. The SMILES string of the molecule is C1=Cc2c(oc3c(-c4cccc5oc6cccc(-c7nc(-c8ccccc8)nc(-c8cccc9oc%10ccccc%10c89)n7)c6c45)cccc23)CC1. The molecule has 4 aromatic heterocycles. The predicted molar refractivity (Wildman–Crippen MR) is 203 cm³/mol. The van der Waals surface area contributed by atoms with Crippen molar-refractivity contribution in [2.75, 3.05) is 0 Å². The minimum absolute atomic E-state index is 0.559. The number of allylic oxidation sites excluding steroid dienone is 1. The molecule has 0 amide bonds. The molecule has 11 rings (SSSR count). The molecular formula is C45H27N3O3. The molecule has 6 nitrogen and oxygen atoms in total. The smallest absolute Gasteiger partial charge is 0.164 e. The minimum atomic E-state index is 0.559. The second kappa shape index (κ2) is 10.9. The van der Waals surface area contributed by atoms with E-state index in [0.717, 1.165) is 101 Å². The maximum atomic E-state index is 6.59. The van der Waals surface area contributed by atoms with E-state index in [1.165, 1.54) is 5.56 Å². The van der Waals surface area contributed by atoms with Gasteiger partial charge in [-0.3, -0.25) is 0 Å². The Kier molecular flexibility index (Phi) is 5.98. The number of hydrogen-bond acceptors (Lipinski definition) is 6. The van der Waals surface area contributed by atoms with Crippen molar-refractivity contribution >= 4 is 60.9 Å². The molecule has 0 N–H and O–H groups in total. The number of benzene rings is 6. The summed E-state index contributed by atoms with van der Waals surface area (Å²) in [6.45, 7) is 0. The zero-order chi connectivity index (χ0) is 33.5. The molecule has 6 aromatic carbocycles. The lowest BCUT2D eigenvalue weighted by atomic mass is 9.95. The molecule has 240 valence electrons. The van der Waals surface area contributed by atoms with Crippen molar-refractivity contribution in [1.29, 1.82) is 0 Å². The molecule has 0 atom stereocenters. The van der Waals surface area contributed by atoms with Gasteiger partial charge in [0.1, 0.15) is 33.7 Å². The zero-order valence-corrected chi connectivity index (χ0v) is 27.3. The van der Waals surface area contributed by atoms with Gasteiger partial charge in [0, 0.05) is 61.2 Å². The van der Waals surface area contributed by atoms with E-state index in [1.807, 2.05) is 84.9 Å². The fourth-order valence-corrected chi connectivity index (χ4v) is 7.76. The highest BCUT2D eigenvalue weighted by molar-refractivity contribution is 6.19. The lowest BCUT2D eigenvalue weighted by Gasteiger charge is -2.11. The van der Waals surface area contributed by atoms with Crippen molar-refractivity contribution in [3.05, 3.63) is 145 Å². The summed E-state index contributed by atoms with van der Waals surface area (Å²) in [5.74, 6) is 2.75. The molecular weight excluding hydrogens is 631 g/mol. The van der Waals surface area contributed by atoms with E-state index >= 15 is 0 Å². The van der Waals surface area contributed by atoms with E-state index in [2.05, 4.69) is 54.6 Å². The number of aryl methyl sites for hydroxylation is 1. The van der Waals surface area contributed by atoms with E-state index in [4.69, 9.17) is 28.2 Å². The first-order valence-electron chi connectivity index (χ1n) is 17.2. The summed E-state index contributed by atoms with van der Waals surface area (Å²) in [6, 6.07) is 42.9. The first-order chi connectivity index (χ1) is 25.3. The summed E-state index contributed by atoms with van der Waals surface area (Å²) in [7, 11) is 0. The average molecular weight is 658 g/mol. The third-order valence-electron chi connectivity index (χ3n) is 10.0. The van der Waals surface area contributed by atoms with Crippen LogP contribution >= 0.6 is 0 Å². The summed E-state index contributed by atoms with van der Waals surface area (Å²) < 4.78 is 19.4. The van der Waals surface area contributed by atoms with Crippen LogP contribution in [0.2, 0.25) is 0 Å². The quantitative estimate of drug-likeness (QED) is 0.187. The molecule has 0 bridgehead atoms. The number of para-hydroxylation sites is 2. The molecule has 0 saturated carbocycles. The average Bonchev–Trinajstić information content (AvgIpc) is 3.89. The molecule has 1 aliphatic rings. The summed E-state index contributed by atoms with van der Waals surface area (Å²) in [4.78, 5) is 15.5. The van der Waals surface area contributed by atoms with Gasteiger partial charge in [0.15, 0.2) is 17.5 Å². The lowest BCUT2D eigenvalue weighted by Crippen LogP contribution is -2.00. The van der Waals surface area contributed by atoms with Crippen molar-refractivity contribution < 1.29 is 13.3 Å². The molecule has 0 saturated heterocycles. The van der Waals surface area contributed by atoms with E-state index in [-0.39, 0.29) is 0 Å². The summed E-state index contributed by atoms with van der Waals surface area (Å²) in [6.07, 6.45) is 6.30. The number of aromatic nitrogens is 3. The summed E-state index contributed by atoms with van der Waals surface area (Å²) in [5, 5.41) is 5.05. The van der Waals surface area contributed by atoms with Crippen LogP contribution in [0, 0.1) is 0 Å².